The fourth-order valence-corrected chi connectivity index (χ4v) is 2.38. The molecule has 0 aromatic heterocycles. The van der Waals surface area contributed by atoms with Crippen LogP contribution in [0.25, 0.3) is 0 Å². The summed E-state index contributed by atoms with van der Waals surface area (Å²) >= 11 is 0. The molecule has 98 valence electrons. The lowest BCUT2D eigenvalue weighted by Gasteiger charge is -2.23. The van der Waals surface area contributed by atoms with Crippen LogP contribution in [0.15, 0.2) is 24.3 Å². The predicted octanol–water partition coefficient (Wildman–Crippen LogP) is 3.78. The molecule has 0 saturated heterocycles. The van der Waals surface area contributed by atoms with E-state index in [1.165, 1.54) is 32.1 Å². The van der Waals surface area contributed by atoms with Crippen LogP contribution < -0.4 is 10.6 Å². The van der Waals surface area contributed by atoms with Crippen LogP contribution >= 0.6 is 0 Å². The Labute approximate surface area is 109 Å². The molecule has 3 nitrogen and oxygen atoms in total. The van der Waals surface area contributed by atoms with Gasteiger partial charge in [-0.1, -0.05) is 26.2 Å². The molecule has 0 atom stereocenters. The standard InChI is InChI=1S/C15H22N2O/c1-2-15(18)17-14-10-8-13(9-11-14)16-12-6-4-3-5-7-12/h8-12,16H,2-7H2,1H3,(H,17,18). The smallest absolute Gasteiger partial charge is 0.224 e. The minimum absolute atomic E-state index is 0.0583. The van der Waals surface area contributed by atoms with E-state index in [1.807, 2.05) is 31.2 Å². The van der Waals surface area contributed by atoms with Crippen LogP contribution in [0.2, 0.25) is 0 Å². The number of amides is 1. The maximum absolute atomic E-state index is 11.3. The predicted molar refractivity (Wildman–Crippen MR) is 75.9 cm³/mol. The Morgan fingerprint density at radius 3 is 2.33 bits per heavy atom. The van der Waals surface area contributed by atoms with Crippen molar-refractivity contribution in [1.82, 2.24) is 0 Å². The molecule has 2 N–H and O–H groups in total. The van der Waals surface area contributed by atoms with Crippen LogP contribution in [0, 0.1) is 0 Å². The molecule has 3 heteroatoms. The van der Waals surface area contributed by atoms with E-state index in [2.05, 4.69) is 10.6 Å². The van der Waals surface area contributed by atoms with Gasteiger partial charge in [-0.3, -0.25) is 4.79 Å². The van der Waals surface area contributed by atoms with Crippen LogP contribution in [0.5, 0.6) is 0 Å². The van der Waals surface area contributed by atoms with Crippen LogP contribution in [-0.4, -0.2) is 11.9 Å². The molecule has 0 unspecified atom stereocenters. The van der Waals surface area contributed by atoms with E-state index in [4.69, 9.17) is 0 Å². The maximum Gasteiger partial charge on any atom is 0.224 e. The van der Waals surface area contributed by atoms with E-state index >= 15 is 0 Å². The minimum Gasteiger partial charge on any atom is -0.382 e. The molecule has 0 aliphatic heterocycles. The molecule has 1 fully saturated rings. The van der Waals surface area contributed by atoms with Gasteiger partial charge in [0.05, 0.1) is 0 Å². The molecule has 1 aromatic carbocycles. The number of rotatable bonds is 4. The van der Waals surface area contributed by atoms with E-state index < -0.39 is 0 Å². The minimum atomic E-state index is 0.0583. The monoisotopic (exact) mass is 246 g/mol. The van der Waals surface area contributed by atoms with Gasteiger partial charge in [-0.05, 0) is 37.1 Å². The van der Waals surface area contributed by atoms with Gasteiger partial charge in [0, 0.05) is 23.8 Å². The van der Waals surface area contributed by atoms with Gasteiger partial charge in [-0.2, -0.15) is 0 Å². The summed E-state index contributed by atoms with van der Waals surface area (Å²) in [5.41, 5.74) is 2.02. The van der Waals surface area contributed by atoms with E-state index in [-0.39, 0.29) is 5.91 Å². The molecular weight excluding hydrogens is 224 g/mol. The highest BCUT2D eigenvalue weighted by Crippen LogP contribution is 2.22. The van der Waals surface area contributed by atoms with Gasteiger partial charge in [0.2, 0.25) is 5.91 Å². The zero-order valence-corrected chi connectivity index (χ0v) is 11.0. The van der Waals surface area contributed by atoms with Crippen molar-refractivity contribution >= 4 is 17.3 Å². The van der Waals surface area contributed by atoms with Crippen LogP contribution in [0.1, 0.15) is 45.4 Å². The Morgan fingerprint density at radius 2 is 1.72 bits per heavy atom. The Kier molecular flexibility index (Phi) is 4.62. The summed E-state index contributed by atoms with van der Waals surface area (Å²) in [6.45, 7) is 1.86. The van der Waals surface area contributed by atoms with Gasteiger partial charge in [0.15, 0.2) is 0 Å². The van der Waals surface area contributed by atoms with Crippen molar-refractivity contribution in [3.05, 3.63) is 24.3 Å². The van der Waals surface area contributed by atoms with Gasteiger partial charge in [0.1, 0.15) is 0 Å². The molecule has 0 heterocycles. The van der Waals surface area contributed by atoms with Gasteiger partial charge >= 0.3 is 0 Å². The number of nitrogens with one attached hydrogen (secondary N) is 2. The topological polar surface area (TPSA) is 41.1 Å². The molecule has 18 heavy (non-hydrogen) atoms. The highest BCUT2D eigenvalue weighted by atomic mass is 16.1. The Bertz CT molecular complexity index is 380. The van der Waals surface area contributed by atoms with Crippen molar-refractivity contribution in [3.63, 3.8) is 0 Å². The first-order valence-corrected chi connectivity index (χ1v) is 6.94. The lowest BCUT2D eigenvalue weighted by Crippen LogP contribution is -2.22. The molecule has 0 spiro atoms. The third-order valence-electron chi connectivity index (χ3n) is 3.47. The zero-order valence-electron chi connectivity index (χ0n) is 11.0. The fraction of sp³-hybridized carbons (Fsp3) is 0.533. The Morgan fingerprint density at radius 1 is 1.11 bits per heavy atom. The number of hydrogen-bond acceptors (Lipinski definition) is 2. The summed E-state index contributed by atoms with van der Waals surface area (Å²) in [6, 6.07) is 8.62. The molecule has 0 radical (unpaired) electrons. The number of anilines is 2. The van der Waals surface area contributed by atoms with Gasteiger partial charge < -0.3 is 10.6 Å². The second kappa shape index (κ2) is 6.43. The van der Waals surface area contributed by atoms with E-state index in [1.54, 1.807) is 0 Å². The van der Waals surface area contributed by atoms with Crippen LogP contribution in [0.4, 0.5) is 11.4 Å². The van der Waals surface area contributed by atoms with Crippen molar-refractivity contribution < 1.29 is 4.79 Å². The van der Waals surface area contributed by atoms with E-state index in [9.17, 15) is 4.79 Å². The van der Waals surface area contributed by atoms with Crippen molar-refractivity contribution in [3.8, 4) is 0 Å². The van der Waals surface area contributed by atoms with Gasteiger partial charge in [-0.25, -0.2) is 0 Å². The molecule has 2 rings (SSSR count). The Hall–Kier alpha value is -1.51. The zero-order chi connectivity index (χ0) is 12.8. The SMILES string of the molecule is CCC(=O)Nc1ccc(NC2CCCCC2)cc1. The highest BCUT2D eigenvalue weighted by molar-refractivity contribution is 5.90. The third-order valence-corrected chi connectivity index (χ3v) is 3.47. The normalized spacial score (nSPS) is 16.3. The fourth-order valence-electron chi connectivity index (χ4n) is 2.38. The van der Waals surface area contributed by atoms with Crippen LogP contribution in [0.3, 0.4) is 0 Å². The first-order chi connectivity index (χ1) is 8.78. The van der Waals surface area contributed by atoms with E-state index in [0.29, 0.717) is 12.5 Å². The molecule has 0 bridgehead atoms. The summed E-state index contributed by atoms with van der Waals surface area (Å²) in [6.07, 6.45) is 7.11. The first-order valence-electron chi connectivity index (χ1n) is 6.94. The van der Waals surface area contributed by atoms with Crippen molar-refractivity contribution in [2.24, 2.45) is 0 Å². The number of benzene rings is 1. The van der Waals surface area contributed by atoms with Crippen molar-refractivity contribution in [2.75, 3.05) is 10.6 Å². The maximum atomic E-state index is 11.3. The number of carbonyl (C=O) groups excluding carboxylic acids is 1. The number of hydrogen-bond donors (Lipinski definition) is 2. The molecule has 1 aliphatic rings. The molecule has 1 aromatic rings. The lowest BCUT2D eigenvalue weighted by molar-refractivity contribution is -0.115. The second-order valence-electron chi connectivity index (χ2n) is 4.96. The van der Waals surface area contributed by atoms with Crippen molar-refractivity contribution in [2.45, 2.75) is 51.5 Å². The lowest BCUT2D eigenvalue weighted by atomic mass is 9.95. The summed E-state index contributed by atoms with van der Waals surface area (Å²) in [4.78, 5) is 11.3. The first kappa shape index (κ1) is 12.9. The van der Waals surface area contributed by atoms with Gasteiger partial charge in [-0.15, -0.1) is 0 Å². The third kappa shape index (κ3) is 3.76. The summed E-state index contributed by atoms with van der Waals surface area (Å²) < 4.78 is 0. The average molecular weight is 246 g/mol. The van der Waals surface area contributed by atoms with Crippen molar-refractivity contribution in [1.29, 1.82) is 0 Å². The summed E-state index contributed by atoms with van der Waals surface area (Å²) in [5, 5.41) is 6.42. The second-order valence-corrected chi connectivity index (χ2v) is 4.96. The van der Waals surface area contributed by atoms with Crippen LogP contribution in [-0.2, 0) is 4.79 Å². The molecule has 1 saturated carbocycles. The molecular formula is C15H22N2O. The Balaban J connectivity index is 1.88. The largest absolute Gasteiger partial charge is 0.382 e. The summed E-state index contributed by atoms with van der Waals surface area (Å²) in [7, 11) is 0. The molecule has 1 aliphatic carbocycles. The average Bonchev–Trinajstić information content (AvgIpc) is 2.42. The molecule has 1 amide bonds. The highest BCUT2D eigenvalue weighted by Gasteiger charge is 2.12. The van der Waals surface area contributed by atoms with E-state index in [0.717, 1.165) is 11.4 Å². The van der Waals surface area contributed by atoms with Gasteiger partial charge in [0.25, 0.3) is 0 Å². The number of carbonyl (C=O) groups is 1. The quantitative estimate of drug-likeness (QED) is 0.849. The summed E-state index contributed by atoms with van der Waals surface area (Å²) in [5.74, 6) is 0.0583.